The van der Waals surface area contributed by atoms with Gasteiger partial charge in [-0.1, -0.05) is 15.9 Å². The molecule has 0 aliphatic carbocycles. The summed E-state index contributed by atoms with van der Waals surface area (Å²) in [6, 6.07) is 3.17. The molecule has 0 saturated carbocycles. The van der Waals surface area contributed by atoms with Gasteiger partial charge in [-0.05, 0) is 37.0 Å². The summed E-state index contributed by atoms with van der Waals surface area (Å²) in [6.45, 7) is 1.61. The SMILES string of the molecule is O=C(C1=COCCC1)N1CCc2c(Br)ccc(F)c2C1. The van der Waals surface area contributed by atoms with Crippen LogP contribution in [0.4, 0.5) is 4.39 Å². The zero-order valence-corrected chi connectivity index (χ0v) is 12.6. The second kappa shape index (κ2) is 5.56. The Labute approximate surface area is 125 Å². The van der Waals surface area contributed by atoms with Crippen molar-refractivity contribution in [1.29, 1.82) is 0 Å². The number of hydrogen-bond donors (Lipinski definition) is 0. The van der Waals surface area contributed by atoms with Crippen LogP contribution >= 0.6 is 15.9 Å². The highest BCUT2D eigenvalue weighted by atomic mass is 79.9. The van der Waals surface area contributed by atoms with E-state index in [4.69, 9.17) is 4.74 Å². The molecule has 0 bridgehead atoms. The molecule has 0 N–H and O–H groups in total. The van der Waals surface area contributed by atoms with Crippen LogP contribution in [0.2, 0.25) is 0 Å². The first-order valence-corrected chi connectivity index (χ1v) is 7.52. The minimum Gasteiger partial charge on any atom is -0.501 e. The molecule has 0 radical (unpaired) electrons. The summed E-state index contributed by atoms with van der Waals surface area (Å²) < 4.78 is 20.1. The van der Waals surface area contributed by atoms with E-state index < -0.39 is 0 Å². The number of carbonyl (C=O) groups is 1. The number of benzene rings is 1. The highest BCUT2D eigenvalue weighted by Crippen LogP contribution is 2.29. The van der Waals surface area contributed by atoms with E-state index in [9.17, 15) is 9.18 Å². The number of hydrogen-bond acceptors (Lipinski definition) is 2. The van der Waals surface area contributed by atoms with Crippen LogP contribution in [-0.2, 0) is 22.5 Å². The fraction of sp³-hybridized carbons (Fsp3) is 0.400. The van der Waals surface area contributed by atoms with Crippen LogP contribution in [0.5, 0.6) is 0 Å². The van der Waals surface area contributed by atoms with E-state index in [1.807, 2.05) is 0 Å². The average Bonchev–Trinajstić information content (AvgIpc) is 2.51. The van der Waals surface area contributed by atoms with Crippen molar-refractivity contribution in [2.24, 2.45) is 0 Å². The molecular weight excluding hydrogens is 325 g/mol. The fourth-order valence-electron chi connectivity index (χ4n) is 2.69. The van der Waals surface area contributed by atoms with Crippen molar-refractivity contribution < 1.29 is 13.9 Å². The van der Waals surface area contributed by atoms with Gasteiger partial charge >= 0.3 is 0 Å². The molecule has 0 spiro atoms. The summed E-state index contributed by atoms with van der Waals surface area (Å²) in [6.07, 6.45) is 3.83. The molecule has 0 unspecified atom stereocenters. The van der Waals surface area contributed by atoms with Crippen molar-refractivity contribution in [3.8, 4) is 0 Å². The van der Waals surface area contributed by atoms with E-state index >= 15 is 0 Å². The van der Waals surface area contributed by atoms with Gasteiger partial charge in [0, 0.05) is 23.1 Å². The topological polar surface area (TPSA) is 29.5 Å². The molecule has 3 nitrogen and oxygen atoms in total. The lowest BCUT2D eigenvalue weighted by molar-refractivity contribution is -0.128. The maximum Gasteiger partial charge on any atom is 0.253 e. The molecule has 1 aromatic rings. The highest BCUT2D eigenvalue weighted by Gasteiger charge is 2.27. The fourth-order valence-corrected chi connectivity index (χ4v) is 3.26. The van der Waals surface area contributed by atoms with E-state index in [2.05, 4.69) is 15.9 Å². The van der Waals surface area contributed by atoms with Gasteiger partial charge in [0.15, 0.2) is 0 Å². The van der Waals surface area contributed by atoms with Crippen LogP contribution < -0.4 is 0 Å². The van der Waals surface area contributed by atoms with E-state index in [0.29, 0.717) is 37.3 Å². The lowest BCUT2D eigenvalue weighted by Crippen LogP contribution is -2.37. The zero-order chi connectivity index (χ0) is 14.1. The molecule has 5 heteroatoms. The second-order valence-electron chi connectivity index (χ2n) is 5.08. The van der Waals surface area contributed by atoms with Crippen LogP contribution in [0.3, 0.4) is 0 Å². The smallest absolute Gasteiger partial charge is 0.253 e. The third-order valence-corrected chi connectivity index (χ3v) is 4.54. The molecule has 2 aliphatic rings. The number of fused-ring (bicyclic) bond motifs is 1. The summed E-state index contributed by atoms with van der Waals surface area (Å²) in [5.41, 5.74) is 2.29. The second-order valence-corrected chi connectivity index (χ2v) is 5.93. The maximum absolute atomic E-state index is 13.9. The lowest BCUT2D eigenvalue weighted by atomic mass is 9.98. The van der Waals surface area contributed by atoms with E-state index in [1.165, 1.54) is 6.07 Å². The molecule has 0 fully saturated rings. The summed E-state index contributed by atoms with van der Waals surface area (Å²) in [5.74, 6) is -0.274. The first kappa shape index (κ1) is 13.6. The number of ether oxygens (including phenoxy) is 1. The van der Waals surface area contributed by atoms with Crippen LogP contribution in [0.15, 0.2) is 28.4 Å². The zero-order valence-electron chi connectivity index (χ0n) is 11.0. The molecule has 0 saturated heterocycles. The van der Waals surface area contributed by atoms with Gasteiger partial charge in [0.1, 0.15) is 5.82 Å². The minimum absolute atomic E-state index is 0.0327. The molecule has 1 aromatic carbocycles. The predicted octanol–water partition coefficient (Wildman–Crippen LogP) is 3.17. The first-order chi connectivity index (χ1) is 9.66. The highest BCUT2D eigenvalue weighted by molar-refractivity contribution is 9.10. The largest absolute Gasteiger partial charge is 0.501 e. The van der Waals surface area contributed by atoms with Crippen LogP contribution in [-0.4, -0.2) is 24.0 Å². The molecule has 20 heavy (non-hydrogen) atoms. The molecule has 0 aromatic heterocycles. The molecule has 1 amide bonds. The third kappa shape index (κ3) is 2.46. The summed E-state index contributed by atoms with van der Waals surface area (Å²) in [4.78, 5) is 14.1. The lowest BCUT2D eigenvalue weighted by Gasteiger charge is -2.31. The predicted molar refractivity (Wildman–Crippen MR) is 76.5 cm³/mol. The van der Waals surface area contributed by atoms with E-state index in [-0.39, 0.29) is 11.7 Å². The van der Waals surface area contributed by atoms with Crippen molar-refractivity contribution in [1.82, 2.24) is 4.90 Å². The number of carbonyl (C=O) groups excluding carboxylic acids is 1. The van der Waals surface area contributed by atoms with E-state index in [1.54, 1.807) is 17.2 Å². The standard InChI is InChI=1S/C15H15BrFNO2/c16-13-3-4-14(17)12-8-18(6-5-11(12)13)15(19)10-2-1-7-20-9-10/h3-4,9H,1-2,5-8H2. The van der Waals surface area contributed by atoms with Crippen molar-refractivity contribution in [2.45, 2.75) is 25.8 Å². The quantitative estimate of drug-likeness (QED) is 0.786. The molecule has 106 valence electrons. The number of nitrogens with zero attached hydrogens (tertiary/aromatic N) is 1. The third-order valence-electron chi connectivity index (χ3n) is 3.79. The van der Waals surface area contributed by atoms with Gasteiger partial charge in [-0.25, -0.2) is 4.39 Å². The number of rotatable bonds is 1. The van der Waals surface area contributed by atoms with Gasteiger partial charge in [0.2, 0.25) is 0 Å². The van der Waals surface area contributed by atoms with Gasteiger partial charge in [0.05, 0.1) is 18.4 Å². The summed E-state index contributed by atoms with van der Waals surface area (Å²) in [7, 11) is 0. The Kier molecular flexibility index (Phi) is 3.78. The van der Waals surface area contributed by atoms with Crippen molar-refractivity contribution in [2.75, 3.05) is 13.2 Å². The Morgan fingerprint density at radius 1 is 1.30 bits per heavy atom. The average molecular weight is 340 g/mol. The molecule has 2 heterocycles. The maximum atomic E-state index is 13.9. The minimum atomic E-state index is -0.241. The Balaban J connectivity index is 1.83. The van der Waals surface area contributed by atoms with Gasteiger partial charge in [-0.3, -0.25) is 4.79 Å². The van der Waals surface area contributed by atoms with Gasteiger partial charge in [-0.15, -0.1) is 0 Å². The first-order valence-electron chi connectivity index (χ1n) is 6.72. The van der Waals surface area contributed by atoms with Gasteiger partial charge < -0.3 is 9.64 Å². The number of amides is 1. The normalized spacial score (nSPS) is 18.1. The van der Waals surface area contributed by atoms with E-state index in [0.717, 1.165) is 22.9 Å². The van der Waals surface area contributed by atoms with Crippen molar-refractivity contribution in [3.63, 3.8) is 0 Å². The Morgan fingerprint density at radius 2 is 2.15 bits per heavy atom. The van der Waals surface area contributed by atoms with Crippen LogP contribution in [0.25, 0.3) is 0 Å². The molecule has 2 aliphatic heterocycles. The van der Waals surface area contributed by atoms with Gasteiger partial charge in [-0.2, -0.15) is 0 Å². The molecular formula is C15H15BrFNO2. The monoisotopic (exact) mass is 339 g/mol. The molecule has 0 atom stereocenters. The Bertz CT molecular complexity index is 585. The Morgan fingerprint density at radius 3 is 2.90 bits per heavy atom. The van der Waals surface area contributed by atoms with Crippen molar-refractivity contribution in [3.05, 3.63) is 45.4 Å². The number of halogens is 2. The summed E-state index contributed by atoms with van der Waals surface area (Å²) in [5, 5.41) is 0. The van der Waals surface area contributed by atoms with Gasteiger partial charge in [0.25, 0.3) is 5.91 Å². The van der Waals surface area contributed by atoms with Crippen LogP contribution in [0.1, 0.15) is 24.0 Å². The van der Waals surface area contributed by atoms with Crippen molar-refractivity contribution >= 4 is 21.8 Å². The van der Waals surface area contributed by atoms with Crippen LogP contribution in [0, 0.1) is 5.82 Å². The molecule has 3 rings (SSSR count). The summed E-state index contributed by atoms with van der Waals surface area (Å²) >= 11 is 3.45. The Hall–Kier alpha value is -1.36.